The number of anilines is 2. The van der Waals surface area contributed by atoms with Gasteiger partial charge in [0.1, 0.15) is 11.7 Å². The van der Waals surface area contributed by atoms with E-state index < -0.39 is 0 Å². The lowest BCUT2D eigenvalue weighted by Gasteiger charge is -2.39. The van der Waals surface area contributed by atoms with E-state index in [1.165, 1.54) is 22.0 Å². The molecule has 0 unspecified atom stereocenters. The van der Waals surface area contributed by atoms with Crippen LogP contribution in [0.5, 0.6) is 0 Å². The van der Waals surface area contributed by atoms with Crippen LogP contribution < -0.4 is 20.5 Å². The molecule has 0 aliphatic carbocycles. The van der Waals surface area contributed by atoms with E-state index in [-0.39, 0.29) is 13.0 Å². The average Bonchev–Trinajstić information content (AvgIpc) is 3.10. The summed E-state index contributed by atoms with van der Waals surface area (Å²) in [4.78, 5) is 4.60. The molecule has 2 aromatic carbocycles. The molecule has 0 saturated heterocycles. The van der Waals surface area contributed by atoms with Crippen molar-refractivity contribution in [3.8, 4) is 0 Å². The van der Waals surface area contributed by atoms with E-state index in [0.717, 1.165) is 11.0 Å². The fraction of sp³-hybridized carbons (Fsp3) is 0.200. The van der Waals surface area contributed by atoms with Crippen LogP contribution in [0, 0.1) is 0 Å². The second kappa shape index (κ2) is 5.09. The van der Waals surface area contributed by atoms with E-state index >= 15 is 0 Å². The third-order valence-electron chi connectivity index (χ3n) is 5.41. The second-order valence-corrected chi connectivity index (χ2v) is 6.87. The Labute approximate surface area is 147 Å². The lowest BCUT2D eigenvalue weighted by molar-refractivity contribution is 0.479. The summed E-state index contributed by atoms with van der Waals surface area (Å²) in [5.74, 6) is 2.30. The smallest absolute Gasteiger partial charge is 0.304 e. The van der Waals surface area contributed by atoms with Crippen LogP contribution in [0.25, 0.3) is 23.1 Å². The third-order valence-corrected chi connectivity index (χ3v) is 5.41. The Morgan fingerprint density at radius 3 is 2.56 bits per heavy atom. The van der Waals surface area contributed by atoms with E-state index in [1.54, 1.807) is 0 Å². The summed E-state index contributed by atoms with van der Waals surface area (Å²) in [6.45, 7) is 4.71. The van der Waals surface area contributed by atoms with E-state index in [9.17, 15) is 0 Å². The van der Waals surface area contributed by atoms with Gasteiger partial charge >= 0.3 is 6.85 Å². The minimum Gasteiger partial charge on any atom is -0.455 e. The number of fused-ring (bicyclic) bond motifs is 4. The minimum absolute atomic E-state index is 0.246. The normalized spacial score (nSPS) is 18.9. The first-order valence-electron chi connectivity index (χ1n) is 8.76. The van der Waals surface area contributed by atoms with E-state index in [2.05, 4.69) is 84.2 Å². The molecular formula is C20H20BN3O. The van der Waals surface area contributed by atoms with Gasteiger partial charge in [-0.25, -0.2) is 0 Å². The quantitative estimate of drug-likeness (QED) is 0.640. The second-order valence-electron chi connectivity index (χ2n) is 6.87. The van der Waals surface area contributed by atoms with Crippen LogP contribution in [-0.4, -0.2) is 25.0 Å². The highest BCUT2D eigenvalue weighted by Crippen LogP contribution is 2.39. The first-order valence-corrected chi connectivity index (χ1v) is 8.76. The predicted molar refractivity (Wildman–Crippen MR) is 105 cm³/mol. The van der Waals surface area contributed by atoms with Crippen molar-refractivity contribution in [2.24, 2.45) is 0 Å². The largest absolute Gasteiger partial charge is 0.455 e. The maximum atomic E-state index is 6.11. The Morgan fingerprint density at radius 2 is 1.72 bits per heavy atom. The van der Waals surface area contributed by atoms with Crippen molar-refractivity contribution >= 4 is 41.4 Å². The Bertz CT molecular complexity index is 1090. The summed E-state index contributed by atoms with van der Waals surface area (Å²) >= 11 is 0. The van der Waals surface area contributed by atoms with Crippen LogP contribution in [-0.2, 0) is 0 Å². The first-order chi connectivity index (χ1) is 12.1. The average molecular weight is 329 g/mol. The molecule has 2 aliphatic heterocycles. The molecule has 1 aromatic heterocycles. The number of benzene rings is 2. The molecular weight excluding hydrogens is 309 g/mol. The van der Waals surface area contributed by atoms with E-state index in [4.69, 9.17) is 4.42 Å². The number of hydrogen-bond acceptors (Lipinski definition) is 4. The fourth-order valence-electron chi connectivity index (χ4n) is 4.01. The van der Waals surface area contributed by atoms with Crippen molar-refractivity contribution in [2.45, 2.75) is 19.9 Å². The molecule has 25 heavy (non-hydrogen) atoms. The Kier molecular flexibility index (Phi) is 2.96. The first kappa shape index (κ1) is 14.5. The number of hydrogen-bond donors (Lipinski definition) is 0. The zero-order valence-electron chi connectivity index (χ0n) is 14.7. The Hall–Kier alpha value is -2.82. The van der Waals surface area contributed by atoms with Crippen molar-refractivity contribution in [1.82, 2.24) is 4.92 Å². The number of para-hydroxylation sites is 3. The van der Waals surface area contributed by atoms with Crippen LogP contribution >= 0.6 is 0 Å². The molecule has 0 bridgehead atoms. The third kappa shape index (κ3) is 1.95. The van der Waals surface area contributed by atoms with Crippen LogP contribution in [0.3, 0.4) is 0 Å². The van der Waals surface area contributed by atoms with Crippen molar-refractivity contribution in [2.75, 3.05) is 17.0 Å². The predicted octanol–water partition coefficient (Wildman–Crippen LogP) is 2.64. The molecule has 0 amide bonds. The highest BCUT2D eigenvalue weighted by Gasteiger charge is 2.36. The number of nitrogens with zero attached hydrogens (tertiary/aromatic N) is 3. The maximum absolute atomic E-state index is 6.11. The molecule has 3 aromatic rings. The van der Waals surface area contributed by atoms with Gasteiger partial charge in [-0.2, -0.15) is 0 Å². The molecule has 0 N–H and O–H groups in total. The van der Waals surface area contributed by atoms with Gasteiger partial charge in [0.2, 0.25) is 0 Å². The molecule has 0 radical (unpaired) electrons. The van der Waals surface area contributed by atoms with Crippen LogP contribution in [0.1, 0.15) is 6.92 Å². The zero-order chi connectivity index (χ0) is 17.1. The Balaban J connectivity index is 1.69. The topological polar surface area (TPSA) is 22.9 Å². The molecule has 4 nitrogen and oxygen atoms in total. The lowest BCUT2D eigenvalue weighted by atomic mass is 9.63. The lowest BCUT2D eigenvalue weighted by Crippen LogP contribution is -2.55. The van der Waals surface area contributed by atoms with Crippen LogP contribution in [0.4, 0.5) is 11.4 Å². The van der Waals surface area contributed by atoms with Crippen molar-refractivity contribution < 1.29 is 4.42 Å². The summed E-state index contributed by atoms with van der Waals surface area (Å²) in [5.41, 5.74) is 4.36. The van der Waals surface area contributed by atoms with Crippen molar-refractivity contribution in [3.05, 3.63) is 59.2 Å². The van der Waals surface area contributed by atoms with Gasteiger partial charge in [-0.3, -0.25) is 5.01 Å². The maximum Gasteiger partial charge on any atom is 0.304 e. The van der Waals surface area contributed by atoms with Gasteiger partial charge in [0.05, 0.1) is 17.6 Å². The molecule has 124 valence electrons. The highest BCUT2D eigenvalue weighted by atomic mass is 16.3. The van der Waals surface area contributed by atoms with Crippen molar-refractivity contribution in [1.29, 1.82) is 0 Å². The summed E-state index contributed by atoms with van der Waals surface area (Å²) in [7, 11) is 2.15. The van der Waals surface area contributed by atoms with Gasteiger partial charge in [-0.15, -0.1) is 0 Å². The van der Waals surface area contributed by atoms with Gasteiger partial charge in [0.15, 0.2) is 5.42 Å². The fourth-order valence-corrected chi connectivity index (χ4v) is 4.01. The van der Waals surface area contributed by atoms with E-state index in [0.29, 0.717) is 0 Å². The molecule has 0 spiro atoms. The summed E-state index contributed by atoms with van der Waals surface area (Å²) in [6, 6.07) is 16.8. The molecule has 2 aliphatic rings. The molecule has 5 heteroatoms. The van der Waals surface area contributed by atoms with Gasteiger partial charge in [0.25, 0.3) is 0 Å². The van der Waals surface area contributed by atoms with E-state index in [1.807, 2.05) is 12.1 Å². The van der Waals surface area contributed by atoms with Gasteiger partial charge in [0, 0.05) is 17.7 Å². The minimum atomic E-state index is 0.246. The molecule has 0 fully saturated rings. The van der Waals surface area contributed by atoms with Gasteiger partial charge in [-0.1, -0.05) is 43.1 Å². The van der Waals surface area contributed by atoms with Gasteiger partial charge in [-0.05, 0) is 25.1 Å². The monoisotopic (exact) mass is 329 g/mol. The van der Waals surface area contributed by atoms with Crippen LogP contribution in [0.15, 0.2) is 52.9 Å². The van der Waals surface area contributed by atoms with Crippen LogP contribution in [0.2, 0.25) is 6.82 Å². The van der Waals surface area contributed by atoms with Gasteiger partial charge < -0.3 is 14.2 Å². The number of furan rings is 1. The SMILES string of the molecule is CB1C=c2c(oc3ccccc23)=CN1N1c2ccccc2N(C)[C@@H]1C. The molecule has 0 saturated carbocycles. The summed E-state index contributed by atoms with van der Waals surface area (Å²) in [6.07, 6.45) is 2.39. The molecule has 3 heterocycles. The standard InChI is InChI=1S/C20H20BN3O/c1-14-22(3)17-9-5-6-10-18(17)24(14)23-13-20-16(12-21(23)2)15-8-4-7-11-19(15)25-20/h4-14H,1-3H3/t14-/m0/s1. The summed E-state index contributed by atoms with van der Waals surface area (Å²) < 4.78 is 6.11. The molecule has 5 rings (SSSR count). The highest BCUT2D eigenvalue weighted by molar-refractivity contribution is 6.70. The Morgan fingerprint density at radius 1 is 1.00 bits per heavy atom. The number of rotatable bonds is 1. The zero-order valence-corrected chi connectivity index (χ0v) is 14.7. The van der Waals surface area contributed by atoms with Crippen molar-refractivity contribution in [3.63, 3.8) is 0 Å². The number of hydrazine groups is 1. The summed E-state index contributed by atoms with van der Waals surface area (Å²) in [5, 5.41) is 4.74. The molecule has 1 atom stereocenters.